The molecule has 1 N–H and O–H groups in total. The van der Waals surface area contributed by atoms with Gasteiger partial charge >= 0.3 is 0 Å². The van der Waals surface area contributed by atoms with Crippen molar-refractivity contribution in [1.29, 1.82) is 0 Å². The summed E-state index contributed by atoms with van der Waals surface area (Å²) < 4.78 is 0. The van der Waals surface area contributed by atoms with Crippen molar-refractivity contribution in [3.05, 3.63) is 35.9 Å². The fraction of sp³-hybridized carbons (Fsp3) is 0.767. The molecule has 0 bridgehead atoms. The lowest BCUT2D eigenvalue weighted by atomic mass is 9.44. The van der Waals surface area contributed by atoms with Crippen LogP contribution in [0.4, 0.5) is 0 Å². The minimum absolute atomic E-state index is 0.110. The fourth-order valence-corrected chi connectivity index (χ4v) is 9.44. The van der Waals surface area contributed by atoms with E-state index in [9.17, 15) is 4.79 Å². The van der Waals surface area contributed by atoms with Gasteiger partial charge in [0.15, 0.2) is 0 Å². The third kappa shape index (κ3) is 3.87. The number of nitrogens with one attached hydrogen (secondary N) is 1. The maximum Gasteiger partial charge on any atom is 0.251 e. The molecule has 1 aromatic rings. The molecule has 4 saturated carbocycles. The van der Waals surface area contributed by atoms with Crippen molar-refractivity contribution in [3.8, 4) is 0 Å². The number of benzene rings is 1. The van der Waals surface area contributed by atoms with Crippen molar-refractivity contribution in [3.63, 3.8) is 0 Å². The molecule has 3 heteroatoms. The van der Waals surface area contributed by atoms with E-state index in [1.54, 1.807) is 0 Å². The van der Waals surface area contributed by atoms with Gasteiger partial charge in [-0.2, -0.15) is 0 Å². The Morgan fingerprint density at radius 3 is 2.36 bits per heavy atom. The van der Waals surface area contributed by atoms with Crippen LogP contribution in [0.15, 0.2) is 30.3 Å². The molecule has 3 nitrogen and oxygen atoms in total. The van der Waals surface area contributed by atoms with Gasteiger partial charge in [0.2, 0.25) is 0 Å². The molecule has 0 heterocycles. The lowest BCUT2D eigenvalue weighted by molar-refractivity contribution is -0.117. The van der Waals surface area contributed by atoms with Gasteiger partial charge in [-0.15, -0.1) is 0 Å². The summed E-state index contributed by atoms with van der Waals surface area (Å²) in [5, 5.41) is 3.39. The lowest BCUT2D eigenvalue weighted by Gasteiger charge is -2.61. The number of carbonyl (C=O) groups is 1. The molecule has 0 spiro atoms. The standard InChI is InChI=1S/C30H46N2O/c1-20(32(4)5)25-13-14-26-24-12-11-22-19-23(31-28(33)21-9-7-6-8-10-21)15-17-29(22,2)27(24)16-18-30(25,26)3/h6-10,20,22-27H,11-19H2,1-5H3,(H,31,33)/t20-,22+,23+,24+,25-,26+,27-,29-,30-/m1/s1. The Bertz CT molecular complexity index is 852. The van der Waals surface area contributed by atoms with E-state index in [1.165, 1.54) is 51.4 Å². The number of fused-ring (bicyclic) bond motifs is 5. The minimum atomic E-state index is 0.110. The van der Waals surface area contributed by atoms with Crippen LogP contribution in [0.3, 0.4) is 0 Å². The van der Waals surface area contributed by atoms with Crippen molar-refractivity contribution >= 4 is 5.91 Å². The summed E-state index contributed by atoms with van der Waals surface area (Å²) in [6, 6.07) is 10.8. The normalized spacial score (nSPS) is 43.3. The first kappa shape index (κ1) is 23.4. The van der Waals surface area contributed by atoms with Gasteiger partial charge in [0.1, 0.15) is 0 Å². The Morgan fingerprint density at radius 2 is 1.64 bits per heavy atom. The van der Waals surface area contributed by atoms with Gasteiger partial charge in [0, 0.05) is 17.6 Å². The molecule has 0 saturated heterocycles. The highest BCUT2D eigenvalue weighted by molar-refractivity contribution is 5.94. The predicted molar refractivity (Wildman–Crippen MR) is 136 cm³/mol. The highest BCUT2D eigenvalue weighted by Crippen LogP contribution is 2.67. The van der Waals surface area contributed by atoms with Gasteiger partial charge < -0.3 is 10.2 Å². The fourth-order valence-electron chi connectivity index (χ4n) is 9.44. The van der Waals surface area contributed by atoms with E-state index in [1.807, 2.05) is 30.3 Å². The van der Waals surface area contributed by atoms with Gasteiger partial charge in [-0.05, 0) is 131 Å². The summed E-state index contributed by atoms with van der Waals surface area (Å²) in [5.74, 6) is 4.49. The molecule has 182 valence electrons. The smallest absolute Gasteiger partial charge is 0.251 e. The molecule has 4 aliphatic carbocycles. The quantitative estimate of drug-likeness (QED) is 0.576. The number of hydrogen-bond donors (Lipinski definition) is 1. The molecule has 0 radical (unpaired) electrons. The summed E-state index contributed by atoms with van der Waals surface area (Å²) in [6.45, 7) is 7.77. The Morgan fingerprint density at radius 1 is 0.939 bits per heavy atom. The first-order valence-corrected chi connectivity index (χ1v) is 13.8. The molecule has 0 aromatic heterocycles. The Balaban J connectivity index is 1.27. The molecule has 4 aliphatic rings. The van der Waals surface area contributed by atoms with Crippen LogP contribution in [0.1, 0.15) is 88.9 Å². The van der Waals surface area contributed by atoms with Crippen LogP contribution >= 0.6 is 0 Å². The van der Waals surface area contributed by atoms with Gasteiger partial charge in [0.05, 0.1) is 0 Å². The molecule has 1 amide bonds. The SMILES string of the molecule is C[C@H]([C@H]1CC[C@H]2[C@@H]3CC[C@H]4C[C@@H](NC(=O)c5ccccc5)CC[C@@]4(C)[C@@H]3CC[C@]12C)N(C)C. The van der Waals surface area contributed by atoms with Crippen LogP contribution < -0.4 is 5.32 Å². The van der Waals surface area contributed by atoms with Crippen molar-refractivity contribution in [2.45, 2.75) is 90.6 Å². The zero-order chi connectivity index (χ0) is 23.4. The second kappa shape index (κ2) is 8.70. The topological polar surface area (TPSA) is 32.3 Å². The lowest BCUT2D eigenvalue weighted by Crippen LogP contribution is -2.56. The number of nitrogens with zero attached hydrogens (tertiary/aromatic N) is 1. The van der Waals surface area contributed by atoms with Crippen LogP contribution in [0, 0.1) is 40.4 Å². The van der Waals surface area contributed by atoms with Crippen LogP contribution in [-0.4, -0.2) is 37.0 Å². The van der Waals surface area contributed by atoms with Gasteiger partial charge in [-0.1, -0.05) is 32.0 Å². The Kier molecular flexibility index (Phi) is 6.17. The van der Waals surface area contributed by atoms with Gasteiger partial charge in [-0.25, -0.2) is 0 Å². The van der Waals surface area contributed by atoms with Crippen LogP contribution in [-0.2, 0) is 0 Å². The second-order valence-corrected chi connectivity index (χ2v) is 12.9. The minimum Gasteiger partial charge on any atom is -0.349 e. The molecular formula is C30H46N2O. The third-order valence-corrected chi connectivity index (χ3v) is 11.5. The van der Waals surface area contributed by atoms with Gasteiger partial charge in [-0.3, -0.25) is 4.79 Å². The zero-order valence-electron chi connectivity index (χ0n) is 21.6. The maximum absolute atomic E-state index is 12.8. The van der Waals surface area contributed by atoms with E-state index in [0.717, 1.165) is 41.6 Å². The van der Waals surface area contributed by atoms with Crippen molar-refractivity contribution in [2.75, 3.05) is 14.1 Å². The molecular weight excluding hydrogens is 404 g/mol. The molecule has 1 aromatic carbocycles. The molecule has 0 unspecified atom stereocenters. The predicted octanol–water partition coefficient (Wildman–Crippen LogP) is 6.39. The Labute approximate surface area is 202 Å². The number of carbonyl (C=O) groups excluding carboxylic acids is 1. The first-order chi connectivity index (χ1) is 15.7. The summed E-state index contributed by atoms with van der Waals surface area (Å²) in [6.07, 6.45) is 12.2. The molecule has 5 rings (SSSR count). The molecule has 33 heavy (non-hydrogen) atoms. The summed E-state index contributed by atoms with van der Waals surface area (Å²) in [7, 11) is 4.54. The highest BCUT2D eigenvalue weighted by atomic mass is 16.1. The summed E-state index contributed by atoms with van der Waals surface area (Å²) in [5.41, 5.74) is 1.81. The largest absolute Gasteiger partial charge is 0.349 e. The zero-order valence-corrected chi connectivity index (χ0v) is 21.6. The van der Waals surface area contributed by atoms with E-state index < -0.39 is 0 Å². The Hall–Kier alpha value is -1.35. The average molecular weight is 451 g/mol. The van der Waals surface area contributed by atoms with Crippen LogP contribution in [0.25, 0.3) is 0 Å². The first-order valence-electron chi connectivity index (χ1n) is 13.8. The van der Waals surface area contributed by atoms with E-state index in [0.29, 0.717) is 22.9 Å². The van der Waals surface area contributed by atoms with E-state index in [-0.39, 0.29) is 5.91 Å². The average Bonchev–Trinajstić information content (AvgIpc) is 3.16. The molecule has 4 fully saturated rings. The highest BCUT2D eigenvalue weighted by Gasteiger charge is 2.60. The summed E-state index contributed by atoms with van der Waals surface area (Å²) in [4.78, 5) is 15.2. The monoisotopic (exact) mass is 450 g/mol. The third-order valence-electron chi connectivity index (χ3n) is 11.5. The maximum atomic E-state index is 12.8. The summed E-state index contributed by atoms with van der Waals surface area (Å²) >= 11 is 0. The van der Waals surface area contributed by atoms with Crippen LogP contribution in [0.2, 0.25) is 0 Å². The van der Waals surface area contributed by atoms with Crippen LogP contribution in [0.5, 0.6) is 0 Å². The second-order valence-electron chi connectivity index (χ2n) is 12.9. The van der Waals surface area contributed by atoms with Gasteiger partial charge in [0.25, 0.3) is 5.91 Å². The number of hydrogen-bond acceptors (Lipinski definition) is 2. The molecule has 0 aliphatic heterocycles. The van der Waals surface area contributed by atoms with E-state index >= 15 is 0 Å². The van der Waals surface area contributed by atoms with E-state index in [4.69, 9.17) is 0 Å². The number of amides is 1. The number of rotatable bonds is 4. The van der Waals surface area contributed by atoms with Crippen molar-refractivity contribution in [1.82, 2.24) is 10.2 Å². The van der Waals surface area contributed by atoms with Crippen molar-refractivity contribution in [2.24, 2.45) is 40.4 Å². The van der Waals surface area contributed by atoms with Crippen molar-refractivity contribution < 1.29 is 4.79 Å². The molecule has 9 atom stereocenters. The van der Waals surface area contributed by atoms with E-state index in [2.05, 4.69) is 45.1 Å².